The van der Waals surface area contributed by atoms with Crippen LogP contribution in [-0.4, -0.2) is 23.4 Å². The summed E-state index contributed by atoms with van der Waals surface area (Å²) in [7, 11) is 0. The molecule has 0 bridgehead atoms. The number of nitrogens with one attached hydrogen (secondary N) is 1. The number of fused-ring (bicyclic) bond motifs is 1. The fourth-order valence-electron chi connectivity index (χ4n) is 3.31. The molecule has 134 valence electrons. The van der Waals surface area contributed by atoms with Crippen molar-refractivity contribution in [1.29, 1.82) is 0 Å². The third-order valence-corrected chi connectivity index (χ3v) is 5.16. The van der Waals surface area contributed by atoms with Gasteiger partial charge in [-0.25, -0.2) is 0 Å². The molecule has 25 heavy (non-hydrogen) atoms. The lowest BCUT2D eigenvalue weighted by Crippen LogP contribution is -2.52. The van der Waals surface area contributed by atoms with Gasteiger partial charge < -0.3 is 15.2 Å². The van der Waals surface area contributed by atoms with Crippen LogP contribution in [0.25, 0.3) is 0 Å². The van der Waals surface area contributed by atoms with Crippen LogP contribution in [0.15, 0.2) is 42.5 Å². The van der Waals surface area contributed by atoms with E-state index in [9.17, 15) is 5.11 Å². The van der Waals surface area contributed by atoms with Crippen molar-refractivity contribution in [3.63, 3.8) is 0 Å². The second-order valence-corrected chi connectivity index (χ2v) is 7.62. The van der Waals surface area contributed by atoms with E-state index in [1.165, 1.54) is 11.1 Å². The normalized spacial score (nSPS) is 21.5. The summed E-state index contributed by atoms with van der Waals surface area (Å²) in [5, 5.41) is 15.1. The molecule has 0 aromatic heterocycles. The molecule has 4 heteroatoms. The van der Waals surface area contributed by atoms with Gasteiger partial charge in [-0.05, 0) is 62.6 Å². The molecule has 2 N–H and O–H groups in total. The number of ether oxygens (including phenoxy) is 1. The third-order valence-electron chi connectivity index (χ3n) is 4.91. The minimum atomic E-state index is -0.626. The molecule has 0 spiro atoms. The highest BCUT2D eigenvalue weighted by atomic mass is 35.5. The number of hydrogen-bond donors (Lipinski definition) is 2. The average Bonchev–Trinajstić information content (AvgIpc) is 2.59. The highest BCUT2D eigenvalue weighted by molar-refractivity contribution is 6.30. The quantitative estimate of drug-likeness (QED) is 0.835. The van der Waals surface area contributed by atoms with Crippen molar-refractivity contribution in [2.45, 2.75) is 51.4 Å². The number of aryl methyl sites for hydroxylation is 1. The molecule has 0 amide bonds. The highest BCUT2D eigenvalue weighted by Crippen LogP contribution is 2.40. The van der Waals surface area contributed by atoms with Crippen molar-refractivity contribution in [2.24, 2.45) is 0 Å². The molecule has 2 atom stereocenters. The lowest BCUT2D eigenvalue weighted by molar-refractivity contribution is -0.0644. The first kappa shape index (κ1) is 18.2. The topological polar surface area (TPSA) is 41.5 Å². The largest absolute Gasteiger partial charge is 0.485 e. The van der Waals surface area contributed by atoms with E-state index in [2.05, 4.69) is 24.4 Å². The summed E-state index contributed by atoms with van der Waals surface area (Å²) >= 11 is 5.94. The van der Waals surface area contributed by atoms with E-state index < -0.39 is 11.7 Å². The highest BCUT2D eigenvalue weighted by Gasteiger charge is 2.42. The van der Waals surface area contributed by atoms with Crippen molar-refractivity contribution >= 4 is 11.6 Å². The first-order valence-corrected chi connectivity index (χ1v) is 9.26. The Labute approximate surface area is 155 Å². The van der Waals surface area contributed by atoms with Crippen LogP contribution < -0.4 is 10.1 Å². The van der Waals surface area contributed by atoms with Crippen LogP contribution in [0.1, 0.15) is 43.5 Å². The van der Waals surface area contributed by atoms with E-state index >= 15 is 0 Å². The molecule has 1 heterocycles. The number of benzene rings is 2. The van der Waals surface area contributed by atoms with Gasteiger partial charge in [-0.3, -0.25) is 0 Å². The van der Waals surface area contributed by atoms with Crippen LogP contribution in [-0.2, 0) is 12.8 Å². The summed E-state index contributed by atoms with van der Waals surface area (Å²) in [6, 6.07) is 14.0. The lowest BCUT2D eigenvalue weighted by atomic mass is 9.85. The minimum absolute atomic E-state index is 0.141. The zero-order valence-electron chi connectivity index (χ0n) is 15.1. The van der Waals surface area contributed by atoms with Crippen LogP contribution in [0.3, 0.4) is 0 Å². The number of hydrogen-bond acceptors (Lipinski definition) is 3. The van der Waals surface area contributed by atoms with E-state index in [-0.39, 0.29) is 6.04 Å². The van der Waals surface area contributed by atoms with Crippen LogP contribution in [0.5, 0.6) is 5.75 Å². The van der Waals surface area contributed by atoms with Crippen LogP contribution >= 0.6 is 11.6 Å². The molecule has 1 aliphatic rings. The second kappa shape index (κ2) is 7.36. The molecule has 0 saturated carbocycles. The number of aliphatic hydroxyl groups excluding tert-OH is 1. The van der Waals surface area contributed by atoms with Gasteiger partial charge in [0, 0.05) is 10.6 Å². The standard InChI is InChI=1S/C21H26ClNO2/c1-4-14-7-10-18-17(13-14)19(20(24)21(2,3)25-18)23-12-11-15-5-8-16(22)9-6-15/h5-10,13,19-20,23-24H,4,11-12H2,1-3H3. The fraction of sp³-hybridized carbons (Fsp3) is 0.429. The summed E-state index contributed by atoms with van der Waals surface area (Å²) in [5.74, 6) is 0.858. The Hall–Kier alpha value is -1.55. The van der Waals surface area contributed by atoms with Crippen molar-refractivity contribution in [3.05, 3.63) is 64.2 Å². The van der Waals surface area contributed by atoms with Crippen molar-refractivity contribution < 1.29 is 9.84 Å². The monoisotopic (exact) mass is 359 g/mol. The van der Waals surface area contributed by atoms with Crippen LogP contribution in [0, 0.1) is 0 Å². The zero-order valence-corrected chi connectivity index (χ0v) is 15.8. The van der Waals surface area contributed by atoms with Gasteiger partial charge in [0.15, 0.2) is 0 Å². The SMILES string of the molecule is CCc1ccc2c(c1)C(NCCc1ccc(Cl)cc1)C(O)C(C)(C)O2. The van der Waals surface area contributed by atoms with Crippen molar-refractivity contribution in [2.75, 3.05) is 6.54 Å². The average molecular weight is 360 g/mol. The van der Waals surface area contributed by atoms with Crippen molar-refractivity contribution in [3.8, 4) is 5.75 Å². The van der Waals surface area contributed by atoms with Gasteiger partial charge in [0.1, 0.15) is 17.5 Å². The molecular weight excluding hydrogens is 334 g/mol. The maximum Gasteiger partial charge on any atom is 0.131 e. The Kier molecular flexibility index (Phi) is 5.38. The van der Waals surface area contributed by atoms with Crippen molar-refractivity contribution in [1.82, 2.24) is 5.32 Å². The van der Waals surface area contributed by atoms with Gasteiger partial charge in [-0.2, -0.15) is 0 Å². The van der Waals surface area contributed by atoms with E-state index in [1.54, 1.807) is 0 Å². The maximum atomic E-state index is 10.8. The van der Waals surface area contributed by atoms with E-state index in [0.717, 1.165) is 35.7 Å². The third kappa shape index (κ3) is 4.00. The zero-order chi connectivity index (χ0) is 18.0. The molecule has 0 fully saturated rings. The number of rotatable bonds is 5. The predicted molar refractivity (Wildman–Crippen MR) is 102 cm³/mol. The molecular formula is C21H26ClNO2. The minimum Gasteiger partial charge on any atom is -0.485 e. The van der Waals surface area contributed by atoms with Gasteiger partial charge in [0.05, 0.1) is 6.04 Å². The molecule has 1 aliphatic heterocycles. The summed E-state index contributed by atoms with van der Waals surface area (Å²) in [6.45, 7) is 6.77. The first-order chi connectivity index (χ1) is 11.9. The predicted octanol–water partition coefficient (Wildman–Crippen LogP) is 4.31. The second-order valence-electron chi connectivity index (χ2n) is 7.18. The molecule has 3 rings (SSSR count). The smallest absolute Gasteiger partial charge is 0.131 e. The molecule has 0 saturated heterocycles. The lowest BCUT2D eigenvalue weighted by Gasteiger charge is -2.42. The Balaban J connectivity index is 1.77. The van der Waals surface area contributed by atoms with Crippen LogP contribution in [0.4, 0.5) is 0 Å². The Morgan fingerprint density at radius 2 is 1.80 bits per heavy atom. The van der Waals surface area contributed by atoms with Gasteiger partial charge in [-0.1, -0.05) is 42.8 Å². The molecule has 2 aromatic carbocycles. The Morgan fingerprint density at radius 3 is 2.48 bits per heavy atom. The molecule has 2 unspecified atom stereocenters. The van der Waals surface area contributed by atoms with Gasteiger partial charge >= 0.3 is 0 Å². The summed E-state index contributed by atoms with van der Waals surface area (Å²) in [4.78, 5) is 0. The number of halogens is 1. The molecule has 0 radical (unpaired) electrons. The first-order valence-electron chi connectivity index (χ1n) is 8.88. The maximum absolute atomic E-state index is 10.8. The van der Waals surface area contributed by atoms with Gasteiger partial charge in [0.2, 0.25) is 0 Å². The van der Waals surface area contributed by atoms with E-state index in [4.69, 9.17) is 16.3 Å². The fourth-order valence-corrected chi connectivity index (χ4v) is 3.44. The Bertz CT molecular complexity index is 727. The molecule has 2 aromatic rings. The summed E-state index contributed by atoms with van der Waals surface area (Å²) in [5.41, 5.74) is 2.89. The van der Waals surface area contributed by atoms with E-state index in [0.29, 0.717) is 0 Å². The number of aliphatic hydroxyl groups is 1. The Morgan fingerprint density at radius 1 is 1.12 bits per heavy atom. The van der Waals surface area contributed by atoms with E-state index in [1.807, 2.05) is 44.2 Å². The summed E-state index contributed by atoms with van der Waals surface area (Å²) < 4.78 is 6.03. The van der Waals surface area contributed by atoms with Crippen LogP contribution in [0.2, 0.25) is 5.02 Å². The summed E-state index contributed by atoms with van der Waals surface area (Å²) in [6.07, 6.45) is 1.23. The van der Waals surface area contributed by atoms with Gasteiger partial charge in [0.25, 0.3) is 0 Å². The van der Waals surface area contributed by atoms with Gasteiger partial charge in [-0.15, -0.1) is 0 Å². The molecule has 0 aliphatic carbocycles. The molecule has 3 nitrogen and oxygen atoms in total.